The molecule has 0 saturated heterocycles. The van der Waals surface area contributed by atoms with Gasteiger partial charge < -0.3 is 9.84 Å². The fourth-order valence-corrected chi connectivity index (χ4v) is 4.58. The van der Waals surface area contributed by atoms with Gasteiger partial charge in [-0.1, -0.05) is 97.3 Å². The van der Waals surface area contributed by atoms with Crippen molar-refractivity contribution in [1.82, 2.24) is 0 Å². The van der Waals surface area contributed by atoms with E-state index >= 15 is 0 Å². The number of carbonyl (C=O) groups is 2. The molecule has 0 aromatic carbocycles. The molecule has 1 N–H and O–H groups in total. The molecule has 3 atom stereocenters. The molecule has 0 bridgehead atoms. The van der Waals surface area contributed by atoms with Gasteiger partial charge in [0, 0.05) is 0 Å². The molecule has 1 aliphatic carbocycles. The molecule has 0 spiro atoms. The molecule has 0 radical (unpaired) electrons. The standard InChI is InChI=1S/C24H44O4/c1-3-5-9-15-20(14-4-2)16-10-7-6-8-13-19-28-24(27)22-18-12-11-17-21(22)23(25)26/h20-22H,3-19H2,1-2H3,(H,25,26). The van der Waals surface area contributed by atoms with E-state index in [2.05, 4.69) is 13.8 Å². The Kier molecular flexibility index (Phi) is 14.1. The first-order valence-corrected chi connectivity index (χ1v) is 12.0. The second kappa shape index (κ2) is 15.8. The summed E-state index contributed by atoms with van der Waals surface area (Å²) in [5.74, 6) is -1.21. The number of esters is 1. The lowest BCUT2D eigenvalue weighted by molar-refractivity contribution is -0.159. The molecule has 4 heteroatoms. The third-order valence-corrected chi connectivity index (χ3v) is 6.30. The molecule has 164 valence electrons. The number of carbonyl (C=O) groups excluding carboxylic acids is 1. The fraction of sp³-hybridized carbons (Fsp3) is 0.917. The van der Waals surface area contributed by atoms with Gasteiger partial charge in [-0.15, -0.1) is 0 Å². The third-order valence-electron chi connectivity index (χ3n) is 6.30. The van der Waals surface area contributed by atoms with Crippen molar-refractivity contribution in [3.05, 3.63) is 0 Å². The van der Waals surface area contributed by atoms with Gasteiger partial charge in [-0.25, -0.2) is 0 Å². The van der Waals surface area contributed by atoms with Crippen LogP contribution in [0.2, 0.25) is 0 Å². The predicted octanol–water partition coefficient (Wildman–Crippen LogP) is 6.76. The molecule has 0 heterocycles. The van der Waals surface area contributed by atoms with Crippen LogP contribution in [-0.2, 0) is 14.3 Å². The molecule has 1 saturated carbocycles. The average molecular weight is 397 g/mol. The summed E-state index contributed by atoms with van der Waals surface area (Å²) < 4.78 is 5.39. The van der Waals surface area contributed by atoms with Gasteiger partial charge in [0.25, 0.3) is 0 Å². The van der Waals surface area contributed by atoms with Crippen LogP contribution < -0.4 is 0 Å². The number of hydrogen-bond donors (Lipinski definition) is 1. The maximum Gasteiger partial charge on any atom is 0.309 e. The summed E-state index contributed by atoms with van der Waals surface area (Å²) in [5, 5.41) is 9.27. The highest BCUT2D eigenvalue weighted by atomic mass is 16.5. The SMILES string of the molecule is CCCCCC(CCC)CCCCCCCOC(=O)C1CCCCC1C(=O)O. The Morgan fingerprint density at radius 2 is 1.43 bits per heavy atom. The van der Waals surface area contributed by atoms with E-state index in [-0.39, 0.29) is 5.97 Å². The zero-order valence-electron chi connectivity index (χ0n) is 18.4. The molecule has 1 fully saturated rings. The lowest BCUT2D eigenvalue weighted by Gasteiger charge is -2.26. The monoisotopic (exact) mass is 396 g/mol. The Bertz CT molecular complexity index is 421. The number of ether oxygens (including phenoxy) is 1. The Hall–Kier alpha value is -1.06. The molecule has 0 amide bonds. The van der Waals surface area contributed by atoms with E-state index in [4.69, 9.17) is 4.74 Å². The van der Waals surface area contributed by atoms with E-state index < -0.39 is 17.8 Å². The zero-order chi connectivity index (χ0) is 20.6. The highest BCUT2D eigenvalue weighted by molar-refractivity contribution is 5.81. The number of aliphatic carboxylic acids is 1. The van der Waals surface area contributed by atoms with Gasteiger partial charge in [0.2, 0.25) is 0 Å². The maximum absolute atomic E-state index is 12.2. The average Bonchev–Trinajstić information content (AvgIpc) is 2.69. The summed E-state index contributed by atoms with van der Waals surface area (Å²) in [7, 11) is 0. The Morgan fingerprint density at radius 3 is 2.07 bits per heavy atom. The van der Waals surface area contributed by atoms with Gasteiger partial charge in [0.05, 0.1) is 18.4 Å². The van der Waals surface area contributed by atoms with Gasteiger partial charge in [-0.3, -0.25) is 9.59 Å². The van der Waals surface area contributed by atoms with E-state index in [1.807, 2.05) is 0 Å². The van der Waals surface area contributed by atoms with E-state index in [9.17, 15) is 14.7 Å². The summed E-state index contributed by atoms with van der Waals surface area (Å²) in [6.45, 7) is 5.00. The van der Waals surface area contributed by atoms with Crippen molar-refractivity contribution in [3.8, 4) is 0 Å². The van der Waals surface area contributed by atoms with Gasteiger partial charge in [0.1, 0.15) is 0 Å². The Morgan fingerprint density at radius 1 is 0.821 bits per heavy atom. The Labute approximate surface area is 172 Å². The molecular formula is C24H44O4. The van der Waals surface area contributed by atoms with Crippen molar-refractivity contribution in [1.29, 1.82) is 0 Å². The minimum absolute atomic E-state index is 0.290. The first-order valence-electron chi connectivity index (χ1n) is 12.0. The van der Waals surface area contributed by atoms with E-state index in [0.29, 0.717) is 19.4 Å². The van der Waals surface area contributed by atoms with Gasteiger partial charge in [-0.05, 0) is 25.2 Å². The Balaban J connectivity index is 2.07. The molecule has 4 nitrogen and oxygen atoms in total. The minimum Gasteiger partial charge on any atom is -0.481 e. The van der Waals surface area contributed by atoms with Crippen LogP contribution in [0, 0.1) is 17.8 Å². The zero-order valence-corrected chi connectivity index (χ0v) is 18.4. The van der Waals surface area contributed by atoms with Crippen LogP contribution in [0.4, 0.5) is 0 Å². The number of rotatable bonds is 16. The van der Waals surface area contributed by atoms with Crippen molar-refractivity contribution >= 4 is 11.9 Å². The smallest absolute Gasteiger partial charge is 0.309 e. The van der Waals surface area contributed by atoms with Gasteiger partial charge in [0.15, 0.2) is 0 Å². The van der Waals surface area contributed by atoms with Crippen LogP contribution in [-0.4, -0.2) is 23.7 Å². The summed E-state index contributed by atoms with van der Waals surface area (Å²) in [6, 6.07) is 0. The maximum atomic E-state index is 12.2. The number of unbranched alkanes of at least 4 members (excludes halogenated alkanes) is 6. The largest absolute Gasteiger partial charge is 0.481 e. The summed E-state index contributed by atoms with van der Waals surface area (Å²) in [4.78, 5) is 23.5. The lowest BCUT2D eigenvalue weighted by atomic mass is 9.79. The minimum atomic E-state index is -0.849. The van der Waals surface area contributed by atoms with Crippen LogP contribution in [0.25, 0.3) is 0 Å². The van der Waals surface area contributed by atoms with E-state index in [1.165, 1.54) is 64.2 Å². The second-order valence-electron chi connectivity index (χ2n) is 8.71. The second-order valence-corrected chi connectivity index (χ2v) is 8.71. The molecule has 0 aromatic heterocycles. The number of carboxylic acids is 1. The molecule has 0 aliphatic heterocycles. The lowest BCUT2D eigenvalue weighted by Crippen LogP contribution is -2.33. The predicted molar refractivity (Wildman–Crippen MR) is 114 cm³/mol. The summed E-state index contributed by atoms with van der Waals surface area (Å²) in [5.41, 5.74) is 0. The third kappa shape index (κ3) is 10.5. The van der Waals surface area contributed by atoms with Crippen LogP contribution >= 0.6 is 0 Å². The van der Waals surface area contributed by atoms with Gasteiger partial charge in [-0.2, -0.15) is 0 Å². The van der Waals surface area contributed by atoms with Crippen molar-refractivity contribution in [3.63, 3.8) is 0 Å². The van der Waals surface area contributed by atoms with Crippen LogP contribution in [0.5, 0.6) is 0 Å². The molecule has 28 heavy (non-hydrogen) atoms. The summed E-state index contributed by atoms with van der Waals surface area (Å²) >= 11 is 0. The highest BCUT2D eigenvalue weighted by Crippen LogP contribution is 2.31. The van der Waals surface area contributed by atoms with Crippen molar-refractivity contribution in [2.24, 2.45) is 17.8 Å². The van der Waals surface area contributed by atoms with Crippen molar-refractivity contribution in [2.45, 2.75) is 117 Å². The first-order chi connectivity index (χ1) is 13.6. The van der Waals surface area contributed by atoms with Crippen molar-refractivity contribution < 1.29 is 19.4 Å². The van der Waals surface area contributed by atoms with E-state index in [1.54, 1.807) is 0 Å². The molecule has 1 aliphatic rings. The fourth-order valence-electron chi connectivity index (χ4n) is 4.58. The topological polar surface area (TPSA) is 63.6 Å². The van der Waals surface area contributed by atoms with E-state index in [0.717, 1.165) is 31.6 Å². The van der Waals surface area contributed by atoms with Crippen LogP contribution in [0.15, 0.2) is 0 Å². The quantitative estimate of drug-likeness (QED) is 0.231. The number of carboxylic acid groups (broad SMARTS) is 1. The first kappa shape index (κ1) is 25.0. The molecule has 0 aromatic rings. The molecule has 1 rings (SSSR count). The van der Waals surface area contributed by atoms with Crippen LogP contribution in [0.1, 0.15) is 117 Å². The molecule has 3 unspecified atom stereocenters. The van der Waals surface area contributed by atoms with Gasteiger partial charge >= 0.3 is 11.9 Å². The normalized spacial score (nSPS) is 20.6. The molecular weight excluding hydrogens is 352 g/mol. The number of hydrogen-bond acceptors (Lipinski definition) is 3. The summed E-state index contributed by atoms with van der Waals surface area (Å²) in [6.07, 6.45) is 18.4. The van der Waals surface area contributed by atoms with Crippen LogP contribution in [0.3, 0.4) is 0 Å². The highest BCUT2D eigenvalue weighted by Gasteiger charge is 2.36. The van der Waals surface area contributed by atoms with Crippen molar-refractivity contribution in [2.75, 3.05) is 6.61 Å².